The zero-order valence-corrected chi connectivity index (χ0v) is 17.2. The Hall–Kier alpha value is -1.78. The monoisotopic (exact) mass is 405 g/mol. The van der Waals surface area contributed by atoms with E-state index in [1.165, 1.54) is 51.0 Å². The lowest BCUT2D eigenvalue weighted by Gasteiger charge is -2.21. The third-order valence-electron chi connectivity index (χ3n) is 5.32. The maximum atomic E-state index is 13.8. The van der Waals surface area contributed by atoms with Crippen molar-refractivity contribution in [2.45, 2.75) is 64.1 Å². The molecular weight excluding hydrogens is 377 g/mol. The minimum atomic E-state index is -0.294. The highest BCUT2D eigenvalue weighted by atomic mass is 35.5. The molecule has 3 nitrogen and oxygen atoms in total. The van der Waals surface area contributed by atoms with Crippen LogP contribution in [-0.4, -0.2) is 13.2 Å². The van der Waals surface area contributed by atoms with Crippen molar-refractivity contribution >= 4 is 11.6 Å². The van der Waals surface area contributed by atoms with Crippen molar-refractivity contribution in [3.05, 3.63) is 58.4 Å². The Labute approximate surface area is 172 Å². The van der Waals surface area contributed by atoms with Gasteiger partial charge in [0, 0.05) is 18.2 Å². The smallest absolute Gasteiger partial charge is 0.180 e. The minimum absolute atomic E-state index is 0.0996. The molecule has 3 rings (SSSR count). The van der Waals surface area contributed by atoms with E-state index in [1.54, 1.807) is 25.3 Å². The van der Waals surface area contributed by atoms with E-state index in [1.807, 2.05) is 12.1 Å². The average Bonchev–Trinajstić information content (AvgIpc) is 2.67. The van der Waals surface area contributed by atoms with Crippen LogP contribution < -0.4 is 14.8 Å². The summed E-state index contributed by atoms with van der Waals surface area (Å²) in [4.78, 5) is 0. The average molecular weight is 406 g/mol. The Balaban J connectivity index is 1.64. The van der Waals surface area contributed by atoms with Gasteiger partial charge < -0.3 is 14.8 Å². The van der Waals surface area contributed by atoms with E-state index in [9.17, 15) is 4.39 Å². The van der Waals surface area contributed by atoms with Crippen LogP contribution in [0.4, 0.5) is 4.39 Å². The third-order valence-corrected chi connectivity index (χ3v) is 5.60. The van der Waals surface area contributed by atoms with E-state index in [4.69, 9.17) is 21.1 Å². The lowest BCUT2D eigenvalue weighted by atomic mass is 9.96. The molecule has 28 heavy (non-hydrogen) atoms. The van der Waals surface area contributed by atoms with E-state index < -0.39 is 0 Å². The highest BCUT2D eigenvalue weighted by Gasteiger charge is 2.15. The van der Waals surface area contributed by atoms with Gasteiger partial charge in [0.2, 0.25) is 0 Å². The lowest BCUT2D eigenvalue weighted by molar-refractivity contribution is 0.279. The summed E-state index contributed by atoms with van der Waals surface area (Å²) in [6, 6.07) is 11.0. The van der Waals surface area contributed by atoms with Crippen molar-refractivity contribution in [2.75, 3.05) is 7.11 Å². The largest absolute Gasteiger partial charge is 0.493 e. The number of rotatable bonds is 7. The Bertz CT molecular complexity index is 760. The second kappa shape index (κ2) is 10.7. The van der Waals surface area contributed by atoms with Gasteiger partial charge in [0.25, 0.3) is 0 Å². The van der Waals surface area contributed by atoms with Gasteiger partial charge in [0.1, 0.15) is 12.4 Å². The topological polar surface area (TPSA) is 30.5 Å². The van der Waals surface area contributed by atoms with Crippen molar-refractivity contribution in [1.29, 1.82) is 0 Å². The minimum Gasteiger partial charge on any atom is -0.493 e. The maximum Gasteiger partial charge on any atom is 0.180 e. The van der Waals surface area contributed by atoms with E-state index in [2.05, 4.69) is 5.32 Å². The highest BCUT2D eigenvalue weighted by Crippen LogP contribution is 2.37. The summed E-state index contributed by atoms with van der Waals surface area (Å²) < 4.78 is 25.1. The zero-order chi connectivity index (χ0) is 19.8. The van der Waals surface area contributed by atoms with Gasteiger partial charge in [-0.25, -0.2) is 4.39 Å². The van der Waals surface area contributed by atoms with Crippen LogP contribution in [0.5, 0.6) is 11.5 Å². The maximum absolute atomic E-state index is 13.8. The fourth-order valence-electron chi connectivity index (χ4n) is 3.70. The first-order chi connectivity index (χ1) is 13.7. The van der Waals surface area contributed by atoms with Crippen molar-refractivity contribution in [3.8, 4) is 11.5 Å². The number of nitrogens with one attached hydrogen (secondary N) is 1. The molecule has 0 atom stereocenters. The van der Waals surface area contributed by atoms with Crippen molar-refractivity contribution in [3.63, 3.8) is 0 Å². The summed E-state index contributed by atoms with van der Waals surface area (Å²) in [5.74, 6) is 0.720. The third kappa shape index (κ3) is 5.86. The summed E-state index contributed by atoms with van der Waals surface area (Å²) in [6.45, 7) is 0.844. The molecule has 0 radical (unpaired) electrons. The van der Waals surface area contributed by atoms with Gasteiger partial charge in [0.15, 0.2) is 11.5 Å². The van der Waals surface area contributed by atoms with E-state index >= 15 is 0 Å². The van der Waals surface area contributed by atoms with Crippen LogP contribution in [0.1, 0.15) is 56.1 Å². The molecule has 5 heteroatoms. The van der Waals surface area contributed by atoms with Gasteiger partial charge in [-0.15, -0.1) is 0 Å². The van der Waals surface area contributed by atoms with Crippen molar-refractivity contribution in [1.82, 2.24) is 5.32 Å². The molecule has 0 saturated heterocycles. The van der Waals surface area contributed by atoms with E-state index in [0.29, 0.717) is 28.1 Å². The zero-order valence-electron chi connectivity index (χ0n) is 16.5. The van der Waals surface area contributed by atoms with Gasteiger partial charge in [-0.05, 0) is 36.6 Å². The molecule has 1 aliphatic carbocycles. The summed E-state index contributed by atoms with van der Waals surface area (Å²) in [5.41, 5.74) is 1.54. The molecule has 2 aromatic rings. The first-order valence-corrected chi connectivity index (χ1v) is 10.5. The van der Waals surface area contributed by atoms with Gasteiger partial charge >= 0.3 is 0 Å². The Morgan fingerprint density at radius 3 is 2.50 bits per heavy atom. The Kier molecular flexibility index (Phi) is 7.99. The van der Waals surface area contributed by atoms with Gasteiger partial charge in [0.05, 0.1) is 12.1 Å². The van der Waals surface area contributed by atoms with Gasteiger partial charge in [-0.2, -0.15) is 0 Å². The number of hydrogen-bond donors (Lipinski definition) is 1. The fourth-order valence-corrected chi connectivity index (χ4v) is 3.99. The van der Waals surface area contributed by atoms with Gasteiger partial charge in [-0.3, -0.25) is 0 Å². The molecule has 0 aromatic heterocycles. The quantitative estimate of drug-likeness (QED) is 0.588. The molecule has 152 valence electrons. The molecule has 1 N–H and O–H groups in total. The lowest BCUT2D eigenvalue weighted by Crippen LogP contribution is -2.29. The number of ether oxygens (including phenoxy) is 2. The molecular formula is C23H29ClFNO2. The van der Waals surface area contributed by atoms with E-state index in [-0.39, 0.29) is 12.4 Å². The summed E-state index contributed by atoms with van der Waals surface area (Å²) in [6.07, 6.45) is 9.10. The van der Waals surface area contributed by atoms with E-state index in [0.717, 1.165) is 12.1 Å². The first kappa shape index (κ1) is 20.9. The predicted octanol–water partition coefficient (Wildman–Crippen LogP) is 6.27. The molecule has 0 spiro atoms. The molecule has 0 heterocycles. The van der Waals surface area contributed by atoms with Crippen LogP contribution in [0, 0.1) is 5.82 Å². The molecule has 1 aliphatic rings. The highest BCUT2D eigenvalue weighted by molar-refractivity contribution is 6.32. The normalized spacial score (nSPS) is 15.7. The Morgan fingerprint density at radius 2 is 1.79 bits per heavy atom. The summed E-state index contributed by atoms with van der Waals surface area (Å²) in [5, 5.41) is 4.14. The number of halogens is 2. The second-order valence-electron chi connectivity index (χ2n) is 7.41. The fraction of sp³-hybridized carbons (Fsp3) is 0.478. The molecule has 0 aliphatic heterocycles. The van der Waals surface area contributed by atoms with Crippen molar-refractivity contribution < 1.29 is 13.9 Å². The van der Waals surface area contributed by atoms with Gasteiger partial charge in [-0.1, -0.05) is 61.9 Å². The van der Waals surface area contributed by atoms with Crippen LogP contribution in [0.2, 0.25) is 5.02 Å². The van der Waals surface area contributed by atoms with Crippen LogP contribution >= 0.6 is 11.6 Å². The molecule has 0 unspecified atom stereocenters. The predicted molar refractivity (Wildman–Crippen MR) is 112 cm³/mol. The van der Waals surface area contributed by atoms with Crippen LogP contribution in [0.25, 0.3) is 0 Å². The first-order valence-electron chi connectivity index (χ1n) is 10.1. The van der Waals surface area contributed by atoms with Crippen LogP contribution in [0.3, 0.4) is 0 Å². The molecule has 1 saturated carbocycles. The molecule has 1 fully saturated rings. The SMILES string of the molecule is COc1cc(CNC2CCCCCCC2)cc(Cl)c1OCc1ccccc1F. The second-order valence-corrected chi connectivity index (χ2v) is 7.82. The molecule has 0 bridgehead atoms. The molecule has 0 amide bonds. The van der Waals surface area contributed by atoms with Crippen LogP contribution in [-0.2, 0) is 13.2 Å². The molecule has 2 aromatic carbocycles. The summed E-state index contributed by atoms with van der Waals surface area (Å²) >= 11 is 6.46. The number of methoxy groups -OCH3 is 1. The van der Waals surface area contributed by atoms with Crippen molar-refractivity contribution in [2.24, 2.45) is 0 Å². The number of hydrogen-bond acceptors (Lipinski definition) is 3. The standard InChI is InChI=1S/C23H29ClFNO2/c1-27-22-14-17(15-26-19-10-5-3-2-4-6-11-19)13-20(24)23(22)28-16-18-9-7-8-12-21(18)25/h7-9,12-14,19,26H,2-6,10-11,15-16H2,1H3. The van der Waals surface area contributed by atoms with Crippen LogP contribution in [0.15, 0.2) is 36.4 Å². The number of benzene rings is 2. The Morgan fingerprint density at radius 1 is 1.07 bits per heavy atom. The summed E-state index contributed by atoms with van der Waals surface area (Å²) in [7, 11) is 1.59.